The fourth-order valence-corrected chi connectivity index (χ4v) is 2.27. The van der Waals surface area contributed by atoms with E-state index in [0.29, 0.717) is 23.1 Å². The fraction of sp³-hybridized carbons (Fsp3) is 0.0588. The Kier molecular flexibility index (Phi) is 4.39. The van der Waals surface area contributed by atoms with E-state index in [1.54, 1.807) is 19.1 Å². The molecule has 0 aliphatic rings. The lowest BCUT2D eigenvalue weighted by Gasteiger charge is -2.10. The van der Waals surface area contributed by atoms with Crippen molar-refractivity contribution in [2.75, 3.05) is 10.6 Å². The quantitative estimate of drug-likeness (QED) is 0.702. The zero-order chi connectivity index (χ0) is 16.2. The standard InChI is InChI=1S/C17H14ClFN4/c1-11-20-16(22-12-5-3-2-4-6-12)10-17(21-11)23-13-7-8-15(19)14(18)9-13/h2-10H,1H3,(H2,20,21,22,23). The fourth-order valence-electron chi connectivity index (χ4n) is 2.09. The van der Waals surface area contributed by atoms with Crippen molar-refractivity contribution in [3.8, 4) is 0 Å². The third-order valence-electron chi connectivity index (χ3n) is 3.08. The first-order valence-corrected chi connectivity index (χ1v) is 7.38. The first-order chi connectivity index (χ1) is 11.1. The minimum atomic E-state index is -0.456. The Hall–Kier alpha value is -2.66. The molecule has 0 aliphatic carbocycles. The molecule has 0 saturated carbocycles. The molecule has 0 amide bonds. The predicted octanol–water partition coefficient (Wildman–Crippen LogP) is 5.06. The number of rotatable bonds is 4. The van der Waals surface area contributed by atoms with Gasteiger partial charge >= 0.3 is 0 Å². The van der Waals surface area contributed by atoms with Crippen LogP contribution >= 0.6 is 11.6 Å². The van der Waals surface area contributed by atoms with Crippen molar-refractivity contribution in [1.82, 2.24) is 9.97 Å². The summed E-state index contributed by atoms with van der Waals surface area (Å²) in [5.41, 5.74) is 1.58. The van der Waals surface area contributed by atoms with E-state index in [-0.39, 0.29) is 5.02 Å². The van der Waals surface area contributed by atoms with E-state index in [9.17, 15) is 4.39 Å². The van der Waals surface area contributed by atoms with Crippen LogP contribution in [0.1, 0.15) is 5.82 Å². The number of nitrogens with one attached hydrogen (secondary N) is 2. The van der Waals surface area contributed by atoms with E-state index in [0.717, 1.165) is 5.69 Å². The molecule has 0 bridgehead atoms. The average molecular weight is 329 g/mol. The maximum atomic E-state index is 13.2. The van der Waals surface area contributed by atoms with Gasteiger partial charge < -0.3 is 10.6 Å². The van der Waals surface area contributed by atoms with E-state index in [4.69, 9.17) is 11.6 Å². The van der Waals surface area contributed by atoms with Gasteiger partial charge in [0.15, 0.2) is 0 Å². The Morgan fingerprint density at radius 3 is 2.17 bits per heavy atom. The highest BCUT2D eigenvalue weighted by Crippen LogP contribution is 2.23. The van der Waals surface area contributed by atoms with Crippen molar-refractivity contribution in [2.45, 2.75) is 6.92 Å². The molecule has 0 atom stereocenters. The minimum Gasteiger partial charge on any atom is -0.340 e. The topological polar surface area (TPSA) is 49.8 Å². The van der Waals surface area contributed by atoms with Gasteiger partial charge in [0.2, 0.25) is 0 Å². The number of hydrogen-bond acceptors (Lipinski definition) is 4. The van der Waals surface area contributed by atoms with Crippen molar-refractivity contribution >= 4 is 34.6 Å². The van der Waals surface area contributed by atoms with Crippen LogP contribution in [-0.2, 0) is 0 Å². The van der Waals surface area contributed by atoms with Gasteiger partial charge in [-0.25, -0.2) is 14.4 Å². The van der Waals surface area contributed by atoms with Crippen LogP contribution in [0.5, 0.6) is 0 Å². The lowest BCUT2D eigenvalue weighted by molar-refractivity contribution is 0.628. The van der Waals surface area contributed by atoms with Gasteiger partial charge in [-0.3, -0.25) is 0 Å². The average Bonchev–Trinajstić information content (AvgIpc) is 2.51. The Morgan fingerprint density at radius 2 is 1.52 bits per heavy atom. The summed E-state index contributed by atoms with van der Waals surface area (Å²) in [4.78, 5) is 8.68. The number of halogens is 2. The number of nitrogens with zero attached hydrogens (tertiary/aromatic N) is 2. The van der Waals surface area contributed by atoms with Gasteiger partial charge in [0.05, 0.1) is 5.02 Å². The molecule has 0 radical (unpaired) electrons. The smallest absolute Gasteiger partial charge is 0.141 e. The van der Waals surface area contributed by atoms with E-state index < -0.39 is 5.82 Å². The Labute approximate surface area is 138 Å². The highest BCUT2D eigenvalue weighted by Gasteiger charge is 2.05. The van der Waals surface area contributed by atoms with Gasteiger partial charge in [-0.1, -0.05) is 29.8 Å². The molecule has 23 heavy (non-hydrogen) atoms. The minimum absolute atomic E-state index is 0.0587. The van der Waals surface area contributed by atoms with Crippen LogP contribution in [0.15, 0.2) is 54.6 Å². The van der Waals surface area contributed by atoms with Crippen LogP contribution < -0.4 is 10.6 Å². The summed E-state index contributed by atoms with van der Waals surface area (Å²) in [7, 11) is 0. The van der Waals surface area contributed by atoms with Crippen LogP contribution in [0.25, 0.3) is 0 Å². The summed E-state index contributed by atoms with van der Waals surface area (Å²) in [6.07, 6.45) is 0. The molecule has 3 aromatic rings. The molecular formula is C17H14ClFN4. The summed E-state index contributed by atoms with van der Waals surface area (Å²) in [6, 6.07) is 15.9. The van der Waals surface area contributed by atoms with Crippen LogP contribution in [0.2, 0.25) is 5.02 Å². The molecule has 2 aromatic carbocycles. The van der Waals surface area contributed by atoms with E-state index in [1.165, 1.54) is 12.1 Å². The maximum absolute atomic E-state index is 13.2. The summed E-state index contributed by atoms with van der Waals surface area (Å²) in [5.74, 6) is 1.42. The van der Waals surface area contributed by atoms with E-state index in [2.05, 4.69) is 20.6 Å². The second-order valence-corrected chi connectivity index (χ2v) is 5.34. The molecule has 4 nitrogen and oxygen atoms in total. The molecule has 1 heterocycles. The number of para-hydroxylation sites is 1. The van der Waals surface area contributed by atoms with Crippen molar-refractivity contribution in [1.29, 1.82) is 0 Å². The Morgan fingerprint density at radius 1 is 0.870 bits per heavy atom. The number of benzene rings is 2. The lowest BCUT2D eigenvalue weighted by Crippen LogP contribution is -2.01. The summed E-state index contributed by atoms with van der Waals surface area (Å²) in [6.45, 7) is 1.80. The third-order valence-corrected chi connectivity index (χ3v) is 3.37. The van der Waals surface area contributed by atoms with Gasteiger partial charge in [0.25, 0.3) is 0 Å². The molecule has 116 valence electrons. The van der Waals surface area contributed by atoms with Crippen LogP contribution in [0.4, 0.5) is 27.4 Å². The van der Waals surface area contributed by atoms with Crippen LogP contribution in [-0.4, -0.2) is 9.97 Å². The lowest BCUT2D eigenvalue weighted by atomic mass is 10.3. The molecule has 0 spiro atoms. The van der Waals surface area contributed by atoms with E-state index >= 15 is 0 Å². The van der Waals surface area contributed by atoms with Crippen molar-refractivity contribution in [2.24, 2.45) is 0 Å². The largest absolute Gasteiger partial charge is 0.340 e. The SMILES string of the molecule is Cc1nc(Nc2ccccc2)cc(Nc2ccc(F)c(Cl)c2)n1. The van der Waals surface area contributed by atoms with Gasteiger partial charge in [0.1, 0.15) is 23.3 Å². The highest BCUT2D eigenvalue weighted by molar-refractivity contribution is 6.31. The number of hydrogen-bond donors (Lipinski definition) is 2. The van der Waals surface area contributed by atoms with Crippen LogP contribution in [0.3, 0.4) is 0 Å². The third kappa shape index (κ3) is 3.96. The Balaban J connectivity index is 1.83. The van der Waals surface area contributed by atoms with Crippen molar-refractivity contribution in [3.05, 3.63) is 71.3 Å². The number of aromatic nitrogens is 2. The van der Waals surface area contributed by atoms with Gasteiger partial charge in [-0.2, -0.15) is 0 Å². The Bertz CT molecular complexity index is 824. The van der Waals surface area contributed by atoms with Gasteiger partial charge in [-0.05, 0) is 37.3 Å². The zero-order valence-corrected chi connectivity index (χ0v) is 13.1. The van der Waals surface area contributed by atoms with Crippen molar-refractivity contribution < 1.29 is 4.39 Å². The molecule has 0 aliphatic heterocycles. The molecular weight excluding hydrogens is 315 g/mol. The summed E-state index contributed by atoms with van der Waals surface area (Å²) < 4.78 is 13.2. The monoisotopic (exact) mass is 328 g/mol. The van der Waals surface area contributed by atoms with Gasteiger partial charge in [-0.15, -0.1) is 0 Å². The van der Waals surface area contributed by atoms with Crippen molar-refractivity contribution in [3.63, 3.8) is 0 Å². The van der Waals surface area contributed by atoms with E-state index in [1.807, 2.05) is 30.3 Å². The summed E-state index contributed by atoms with van der Waals surface area (Å²) in [5, 5.41) is 6.37. The second-order valence-electron chi connectivity index (χ2n) is 4.93. The van der Waals surface area contributed by atoms with Gasteiger partial charge in [0, 0.05) is 17.4 Å². The molecule has 2 N–H and O–H groups in total. The molecule has 0 saturated heterocycles. The molecule has 3 rings (SSSR count). The molecule has 1 aromatic heterocycles. The molecule has 0 unspecified atom stereocenters. The highest BCUT2D eigenvalue weighted by atomic mass is 35.5. The predicted molar refractivity (Wildman–Crippen MR) is 91.2 cm³/mol. The number of aryl methyl sites for hydroxylation is 1. The molecule has 0 fully saturated rings. The normalized spacial score (nSPS) is 10.4. The first kappa shape index (κ1) is 15.2. The molecule has 6 heteroatoms. The summed E-state index contributed by atoms with van der Waals surface area (Å²) >= 11 is 5.79. The van der Waals surface area contributed by atoms with Crippen LogP contribution in [0, 0.1) is 12.7 Å². The second kappa shape index (κ2) is 6.62. The first-order valence-electron chi connectivity index (χ1n) is 7.00. The number of anilines is 4. The zero-order valence-electron chi connectivity index (χ0n) is 12.3. The maximum Gasteiger partial charge on any atom is 0.141 e.